The molecule has 1 saturated heterocycles. The van der Waals surface area contributed by atoms with Crippen molar-refractivity contribution in [3.63, 3.8) is 0 Å². The number of rotatable bonds is 9. The van der Waals surface area contributed by atoms with Gasteiger partial charge in [-0.2, -0.15) is 0 Å². The van der Waals surface area contributed by atoms with Crippen molar-refractivity contribution in [2.75, 3.05) is 11.5 Å². The van der Waals surface area contributed by atoms with Crippen LogP contribution in [0, 0.1) is 13.8 Å². The number of pyridine rings is 1. The molecule has 1 amide bonds. The molecule has 0 radical (unpaired) electrons. The van der Waals surface area contributed by atoms with E-state index in [4.69, 9.17) is 4.74 Å². The fourth-order valence-corrected chi connectivity index (χ4v) is 6.91. The third-order valence-corrected chi connectivity index (χ3v) is 9.33. The van der Waals surface area contributed by atoms with Crippen LogP contribution in [0.25, 0.3) is 11.4 Å². The first kappa shape index (κ1) is 28.6. The Kier molecular flexibility index (Phi) is 8.00. The average molecular weight is 612 g/mol. The standard InChI is InChI=1S/C32H29N5O4S2/c1-4-16-41-23-14-8-13-22(17-23)26-24(27(38)25-20(3)36-15-9-10-19(2)29(36)33-25)28(39)30(40)37(26)31-34-35-32(43-31)42-18-21-11-6-5-7-12-21/h5-15,17,26,38H,4,16,18H2,1-3H3. The fourth-order valence-electron chi connectivity index (χ4n) is 5.09. The van der Waals surface area contributed by atoms with Crippen molar-refractivity contribution in [3.8, 4) is 5.75 Å². The number of aromatic nitrogens is 4. The zero-order valence-electron chi connectivity index (χ0n) is 23.9. The quantitative estimate of drug-likeness (QED) is 0.0661. The molecule has 1 aliphatic heterocycles. The first-order chi connectivity index (χ1) is 20.9. The Morgan fingerprint density at radius 2 is 1.86 bits per heavy atom. The van der Waals surface area contributed by atoms with Gasteiger partial charge in [-0.1, -0.05) is 78.6 Å². The van der Waals surface area contributed by atoms with Crippen LogP contribution in [0.4, 0.5) is 5.13 Å². The summed E-state index contributed by atoms with van der Waals surface area (Å²) in [7, 11) is 0. The molecule has 4 heterocycles. The Morgan fingerprint density at radius 3 is 2.63 bits per heavy atom. The Hall–Kier alpha value is -4.48. The smallest absolute Gasteiger partial charge is 0.301 e. The van der Waals surface area contributed by atoms with Crippen LogP contribution in [0.1, 0.15) is 47.5 Å². The molecule has 1 N–H and O–H groups in total. The minimum atomic E-state index is -0.963. The minimum Gasteiger partial charge on any atom is -0.505 e. The summed E-state index contributed by atoms with van der Waals surface area (Å²) in [6.45, 7) is 6.28. The van der Waals surface area contributed by atoms with Crippen LogP contribution in [0.15, 0.2) is 82.8 Å². The summed E-state index contributed by atoms with van der Waals surface area (Å²) in [5, 5.41) is 20.6. The average Bonchev–Trinajstić information content (AvgIpc) is 3.70. The zero-order valence-corrected chi connectivity index (χ0v) is 25.5. The maximum absolute atomic E-state index is 13.7. The highest BCUT2D eigenvalue weighted by atomic mass is 32.2. The van der Waals surface area contributed by atoms with E-state index >= 15 is 0 Å². The molecule has 2 aromatic carbocycles. The highest BCUT2D eigenvalue weighted by molar-refractivity contribution is 8.00. The van der Waals surface area contributed by atoms with Crippen LogP contribution >= 0.6 is 23.1 Å². The predicted molar refractivity (Wildman–Crippen MR) is 168 cm³/mol. The highest BCUT2D eigenvalue weighted by Crippen LogP contribution is 2.45. The van der Waals surface area contributed by atoms with Crippen LogP contribution < -0.4 is 9.64 Å². The van der Waals surface area contributed by atoms with Crippen molar-refractivity contribution in [3.05, 3.63) is 107 Å². The molecule has 11 heteroatoms. The van der Waals surface area contributed by atoms with Crippen LogP contribution in [0.5, 0.6) is 5.75 Å². The number of nitrogens with zero attached hydrogens (tertiary/aromatic N) is 5. The molecule has 0 spiro atoms. The maximum Gasteiger partial charge on any atom is 0.301 e. The van der Waals surface area contributed by atoms with Gasteiger partial charge < -0.3 is 14.2 Å². The number of imidazole rings is 1. The third kappa shape index (κ3) is 5.41. The summed E-state index contributed by atoms with van der Waals surface area (Å²) in [5.41, 5.74) is 4.13. The fraction of sp³-hybridized carbons (Fsp3) is 0.219. The monoisotopic (exact) mass is 611 g/mol. The molecule has 1 fully saturated rings. The van der Waals surface area contributed by atoms with Crippen molar-refractivity contribution in [1.29, 1.82) is 0 Å². The predicted octanol–water partition coefficient (Wildman–Crippen LogP) is 6.51. The van der Waals surface area contributed by atoms with Gasteiger partial charge in [-0.25, -0.2) is 4.98 Å². The number of hydrogen-bond acceptors (Lipinski definition) is 9. The Labute approximate surface area is 256 Å². The number of ether oxygens (including phenoxy) is 1. The lowest BCUT2D eigenvalue weighted by molar-refractivity contribution is -0.132. The number of fused-ring (bicyclic) bond motifs is 1. The summed E-state index contributed by atoms with van der Waals surface area (Å²) in [6, 6.07) is 20.1. The molecule has 3 aromatic heterocycles. The first-order valence-corrected chi connectivity index (χ1v) is 15.7. The molecule has 0 saturated carbocycles. The number of carbonyl (C=O) groups excluding carboxylic acids is 2. The highest BCUT2D eigenvalue weighted by Gasteiger charge is 2.49. The number of anilines is 1. The number of carbonyl (C=O) groups is 2. The second kappa shape index (κ2) is 12.0. The lowest BCUT2D eigenvalue weighted by atomic mass is 9.96. The van der Waals surface area contributed by atoms with E-state index in [0.717, 1.165) is 17.5 Å². The number of hydrogen-bond donors (Lipinski definition) is 1. The molecule has 1 unspecified atom stereocenters. The van der Waals surface area contributed by atoms with E-state index in [1.54, 1.807) is 12.1 Å². The van der Waals surface area contributed by atoms with Crippen LogP contribution in [0.3, 0.4) is 0 Å². The largest absolute Gasteiger partial charge is 0.505 e. The number of ketones is 1. The molecule has 0 aliphatic carbocycles. The van der Waals surface area contributed by atoms with Gasteiger partial charge in [0, 0.05) is 11.9 Å². The topological polar surface area (TPSA) is 110 Å². The lowest BCUT2D eigenvalue weighted by Gasteiger charge is -2.23. The van der Waals surface area contributed by atoms with E-state index < -0.39 is 17.7 Å². The summed E-state index contributed by atoms with van der Waals surface area (Å²) >= 11 is 2.73. The van der Waals surface area contributed by atoms with E-state index in [0.29, 0.717) is 39.4 Å². The molecule has 43 heavy (non-hydrogen) atoms. The van der Waals surface area contributed by atoms with Gasteiger partial charge in [-0.05, 0) is 55.2 Å². The van der Waals surface area contributed by atoms with E-state index in [1.807, 2.05) is 86.0 Å². The van der Waals surface area contributed by atoms with Crippen LogP contribution in [-0.2, 0) is 15.3 Å². The van der Waals surface area contributed by atoms with Gasteiger partial charge in [0.15, 0.2) is 10.1 Å². The Balaban J connectivity index is 1.45. The van der Waals surface area contributed by atoms with E-state index in [1.165, 1.54) is 28.0 Å². The molecular weight excluding hydrogens is 583 g/mol. The molecule has 218 valence electrons. The SMILES string of the molecule is CCCOc1cccc(C2C(=C(O)c3nc4c(C)cccn4c3C)C(=O)C(=O)N2c2nnc(SCc3ccccc3)s2)c1. The second-order valence-electron chi connectivity index (χ2n) is 10.1. The summed E-state index contributed by atoms with van der Waals surface area (Å²) in [6.07, 6.45) is 2.67. The van der Waals surface area contributed by atoms with Crippen molar-refractivity contribution in [2.45, 2.75) is 43.3 Å². The number of thioether (sulfide) groups is 1. The number of aliphatic hydroxyl groups is 1. The Morgan fingerprint density at radius 1 is 1.05 bits per heavy atom. The van der Waals surface area contributed by atoms with Crippen LogP contribution in [-0.4, -0.2) is 43.0 Å². The molecule has 6 rings (SSSR count). The number of benzene rings is 2. The Bertz CT molecular complexity index is 1860. The van der Waals surface area contributed by atoms with Crippen molar-refractivity contribution in [2.24, 2.45) is 0 Å². The lowest BCUT2D eigenvalue weighted by Crippen LogP contribution is -2.29. The first-order valence-electron chi connectivity index (χ1n) is 13.9. The normalized spacial score (nSPS) is 16.3. The van der Waals surface area contributed by atoms with Gasteiger partial charge in [0.25, 0.3) is 5.78 Å². The molecular formula is C32H29N5O4S2. The molecule has 9 nitrogen and oxygen atoms in total. The van der Waals surface area contributed by atoms with Crippen molar-refractivity contribution in [1.82, 2.24) is 19.6 Å². The van der Waals surface area contributed by atoms with E-state index in [9.17, 15) is 14.7 Å². The van der Waals surface area contributed by atoms with Gasteiger partial charge in [0.2, 0.25) is 5.13 Å². The van der Waals surface area contributed by atoms with Gasteiger partial charge >= 0.3 is 5.91 Å². The number of amides is 1. The van der Waals surface area contributed by atoms with Gasteiger partial charge in [0.05, 0.1) is 23.9 Å². The summed E-state index contributed by atoms with van der Waals surface area (Å²) < 4.78 is 8.38. The zero-order chi connectivity index (χ0) is 30.1. The van der Waals surface area contributed by atoms with Gasteiger partial charge in [-0.3, -0.25) is 14.5 Å². The number of Topliss-reactive ketones (excluding diaryl/α,β-unsaturated/α-hetero) is 1. The summed E-state index contributed by atoms with van der Waals surface area (Å²) in [5.74, 6) is -0.666. The van der Waals surface area contributed by atoms with Crippen LogP contribution in [0.2, 0.25) is 0 Å². The van der Waals surface area contributed by atoms with Gasteiger partial charge in [0.1, 0.15) is 17.1 Å². The molecule has 1 atom stereocenters. The molecule has 5 aromatic rings. The van der Waals surface area contributed by atoms with Crippen molar-refractivity contribution >= 4 is 51.3 Å². The second-order valence-corrected chi connectivity index (χ2v) is 12.3. The van der Waals surface area contributed by atoms with Crippen molar-refractivity contribution < 1.29 is 19.4 Å². The number of aliphatic hydroxyl groups excluding tert-OH is 1. The van der Waals surface area contributed by atoms with Gasteiger partial charge in [-0.15, -0.1) is 10.2 Å². The number of aryl methyl sites for hydroxylation is 2. The molecule has 1 aliphatic rings. The third-order valence-electron chi connectivity index (χ3n) is 7.21. The van der Waals surface area contributed by atoms with E-state index in [-0.39, 0.29) is 22.2 Å². The minimum absolute atomic E-state index is 0.0597. The van der Waals surface area contributed by atoms with E-state index in [2.05, 4.69) is 15.2 Å². The molecule has 0 bridgehead atoms. The summed E-state index contributed by atoms with van der Waals surface area (Å²) in [4.78, 5) is 33.4. The maximum atomic E-state index is 13.7.